The molecule has 0 bridgehead atoms. The molecule has 30 heavy (non-hydrogen) atoms. The lowest BCUT2D eigenvalue weighted by Gasteiger charge is -2.34. The fraction of sp³-hybridized carbons (Fsp3) is 0.500. The first-order chi connectivity index (χ1) is 14.4. The molecule has 0 spiro atoms. The molecule has 3 rings (SSSR count). The Labute approximate surface area is 173 Å². The van der Waals surface area contributed by atoms with Gasteiger partial charge in [0.1, 0.15) is 18.5 Å². The van der Waals surface area contributed by atoms with Crippen LogP contribution in [0.5, 0.6) is 5.75 Å². The first-order valence-corrected chi connectivity index (χ1v) is 9.80. The number of morpholine rings is 1. The molecule has 1 aromatic carbocycles. The van der Waals surface area contributed by atoms with Gasteiger partial charge in [-0.3, -0.25) is 4.68 Å². The van der Waals surface area contributed by atoms with Crippen LogP contribution in [0.1, 0.15) is 24.2 Å². The molecule has 10 heteroatoms. The molecule has 0 aliphatic carbocycles. The van der Waals surface area contributed by atoms with Crippen LogP contribution in [0.4, 0.5) is 13.2 Å². The second-order valence-electron chi connectivity index (χ2n) is 6.86. The molecule has 2 aromatic rings. The van der Waals surface area contributed by atoms with Crippen LogP contribution < -0.4 is 10.1 Å². The number of hydrogen-bond acceptors (Lipinski definition) is 4. The minimum absolute atomic E-state index is 0.0836. The SMILES string of the molecule is CCNC(=NCCOc1ccc(C(F)(F)F)cc1)N1CCOC(c2cnn(C)c2)C1. The summed E-state index contributed by atoms with van der Waals surface area (Å²) >= 11 is 0. The molecule has 0 saturated carbocycles. The van der Waals surface area contributed by atoms with Gasteiger partial charge in [0, 0.05) is 31.9 Å². The fourth-order valence-electron chi connectivity index (χ4n) is 3.13. The van der Waals surface area contributed by atoms with Gasteiger partial charge < -0.3 is 19.7 Å². The van der Waals surface area contributed by atoms with E-state index < -0.39 is 11.7 Å². The molecule has 7 nitrogen and oxygen atoms in total. The summed E-state index contributed by atoms with van der Waals surface area (Å²) in [4.78, 5) is 6.72. The summed E-state index contributed by atoms with van der Waals surface area (Å²) in [5, 5.41) is 7.47. The van der Waals surface area contributed by atoms with Crippen LogP contribution in [0, 0.1) is 0 Å². The number of hydrogen-bond donors (Lipinski definition) is 1. The number of nitrogens with zero attached hydrogens (tertiary/aromatic N) is 4. The number of halogens is 3. The number of alkyl halides is 3. The van der Waals surface area contributed by atoms with Gasteiger partial charge in [0.05, 0.1) is 31.5 Å². The molecule has 1 aliphatic rings. The zero-order valence-electron chi connectivity index (χ0n) is 17.0. The molecule has 1 atom stereocenters. The Bertz CT molecular complexity index is 836. The van der Waals surface area contributed by atoms with Crippen LogP contribution in [0.2, 0.25) is 0 Å². The van der Waals surface area contributed by atoms with E-state index in [1.54, 1.807) is 10.9 Å². The zero-order valence-corrected chi connectivity index (χ0v) is 17.0. The van der Waals surface area contributed by atoms with Crippen molar-refractivity contribution in [3.8, 4) is 5.75 Å². The van der Waals surface area contributed by atoms with Crippen molar-refractivity contribution in [2.75, 3.05) is 39.4 Å². The smallest absolute Gasteiger partial charge is 0.416 e. The molecular weight excluding hydrogens is 399 g/mol. The average molecular weight is 425 g/mol. The molecule has 1 unspecified atom stereocenters. The highest BCUT2D eigenvalue weighted by atomic mass is 19.4. The maximum Gasteiger partial charge on any atom is 0.416 e. The van der Waals surface area contributed by atoms with E-state index in [-0.39, 0.29) is 12.7 Å². The maximum absolute atomic E-state index is 12.6. The third-order valence-corrected chi connectivity index (χ3v) is 4.60. The van der Waals surface area contributed by atoms with Crippen molar-refractivity contribution in [3.05, 3.63) is 47.8 Å². The number of rotatable bonds is 6. The van der Waals surface area contributed by atoms with E-state index >= 15 is 0 Å². The lowest BCUT2D eigenvalue weighted by atomic mass is 10.1. The van der Waals surface area contributed by atoms with Gasteiger partial charge in [-0.2, -0.15) is 18.3 Å². The molecule has 2 heterocycles. The Morgan fingerprint density at radius 2 is 2.10 bits per heavy atom. The van der Waals surface area contributed by atoms with E-state index in [0.29, 0.717) is 38.5 Å². The van der Waals surface area contributed by atoms with Crippen LogP contribution in [-0.4, -0.2) is 60.0 Å². The highest BCUT2D eigenvalue weighted by Gasteiger charge is 2.30. The highest BCUT2D eigenvalue weighted by Crippen LogP contribution is 2.30. The molecule has 1 N–H and O–H groups in total. The van der Waals surface area contributed by atoms with E-state index in [1.807, 2.05) is 20.2 Å². The number of benzene rings is 1. The average Bonchev–Trinajstić information content (AvgIpc) is 3.16. The minimum Gasteiger partial charge on any atom is -0.492 e. The Kier molecular flexibility index (Phi) is 7.20. The summed E-state index contributed by atoms with van der Waals surface area (Å²) in [7, 11) is 1.87. The van der Waals surface area contributed by atoms with Crippen molar-refractivity contribution in [3.63, 3.8) is 0 Å². The van der Waals surface area contributed by atoms with Crippen molar-refractivity contribution in [1.29, 1.82) is 0 Å². The third kappa shape index (κ3) is 5.88. The first-order valence-electron chi connectivity index (χ1n) is 9.80. The predicted molar refractivity (Wildman–Crippen MR) is 106 cm³/mol. The van der Waals surface area contributed by atoms with Gasteiger partial charge in [0.15, 0.2) is 5.96 Å². The largest absolute Gasteiger partial charge is 0.492 e. The molecule has 1 fully saturated rings. The Balaban J connectivity index is 1.55. The van der Waals surface area contributed by atoms with Gasteiger partial charge in [-0.25, -0.2) is 4.99 Å². The Morgan fingerprint density at radius 3 is 2.73 bits per heavy atom. The van der Waals surface area contributed by atoms with Crippen molar-refractivity contribution in [1.82, 2.24) is 20.0 Å². The second-order valence-corrected chi connectivity index (χ2v) is 6.86. The summed E-state index contributed by atoms with van der Waals surface area (Å²) in [6.45, 7) is 5.28. The summed E-state index contributed by atoms with van der Waals surface area (Å²) in [6.07, 6.45) is -0.693. The lowest BCUT2D eigenvalue weighted by Crippen LogP contribution is -2.48. The maximum atomic E-state index is 12.6. The Hall–Kier alpha value is -2.75. The fourth-order valence-corrected chi connectivity index (χ4v) is 3.13. The van der Waals surface area contributed by atoms with E-state index in [1.165, 1.54) is 12.1 Å². The van der Waals surface area contributed by atoms with Crippen LogP contribution in [0.15, 0.2) is 41.7 Å². The van der Waals surface area contributed by atoms with E-state index in [9.17, 15) is 13.2 Å². The van der Waals surface area contributed by atoms with E-state index in [0.717, 1.165) is 23.7 Å². The number of guanidine groups is 1. The van der Waals surface area contributed by atoms with Gasteiger partial charge >= 0.3 is 6.18 Å². The molecule has 164 valence electrons. The highest BCUT2D eigenvalue weighted by molar-refractivity contribution is 5.80. The molecule has 0 amide bonds. The number of aryl methyl sites for hydroxylation is 1. The molecular formula is C20H26F3N5O2. The number of ether oxygens (including phenoxy) is 2. The van der Waals surface area contributed by atoms with Crippen molar-refractivity contribution >= 4 is 5.96 Å². The predicted octanol–water partition coefficient (Wildman–Crippen LogP) is 2.86. The van der Waals surface area contributed by atoms with Crippen molar-refractivity contribution in [2.24, 2.45) is 12.0 Å². The first kappa shape index (κ1) is 21.9. The quantitative estimate of drug-likeness (QED) is 0.438. The number of aliphatic imine (C=N–C) groups is 1. The van der Waals surface area contributed by atoms with E-state index in [2.05, 4.69) is 20.3 Å². The Morgan fingerprint density at radius 1 is 1.33 bits per heavy atom. The molecule has 1 aromatic heterocycles. The summed E-state index contributed by atoms with van der Waals surface area (Å²) in [5.41, 5.74) is 0.321. The van der Waals surface area contributed by atoms with Crippen LogP contribution in [-0.2, 0) is 18.0 Å². The van der Waals surface area contributed by atoms with Crippen LogP contribution >= 0.6 is 0 Å². The van der Waals surface area contributed by atoms with Gasteiger partial charge in [-0.05, 0) is 31.2 Å². The normalized spacial score (nSPS) is 17.8. The second kappa shape index (κ2) is 9.84. The molecule has 0 radical (unpaired) electrons. The van der Waals surface area contributed by atoms with Gasteiger partial charge in [-0.1, -0.05) is 0 Å². The van der Waals surface area contributed by atoms with Gasteiger partial charge in [0.25, 0.3) is 0 Å². The van der Waals surface area contributed by atoms with E-state index in [4.69, 9.17) is 9.47 Å². The van der Waals surface area contributed by atoms with Crippen LogP contribution in [0.3, 0.4) is 0 Å². The zero-order chi connectivity index (χ0) is 21.6. The number of nitrogens with one attached hydrogen (secondary N) is 1. The third-order valence-electron chi connectivity index (χ3n) is 4.60. The lowest BCUT2D eigenvalue weighted by molar-refractivity contribution is -0.137. The van der Waals surface area contributed by atoms with Gasteiger partial charge in [-0.15, -0.1) is 0 Å². The van der Waals surface area contributed by atoms with Crippen LogP contribution in [0.25, 0.3) is 0 Å². The summed E-state index contributed by atoms with van der Waals surface area (Å²) in [5.74, 6) is 1.14. The van der Waals surface area contributed by atoms with Crippen molar-refractivity contribution in [2.45, 2.75) is 19.2 Å². The monoisotopic (exact) mass is 425 g/mol. The standard InChI is InChI=1S/C20H26F3N5O2/c1-3-24-19(28-9-11-30-18(14-28)15-12-26-27(2)13-15)25-8-10-29-17-6-4-16(5-7-17)20(21,22)23/h4-7,12-13,18H,3,8-11,14H2,1-2H3,(H,24,25). The summed E-state index contributed by atoms with van der Waals surface area (Å²) in [6, 6.07) is 4.65. The van der Waals surface area contributed by atoms with Crippen molar-refractivity contribution < 1.29 is 22.6 Å². The summed E-state index contributed by atoms with van der Waals surface area (Å²) < 4.78 is 51.0. The molecule has 1 saturated heterocycles. The van der Waals surface area contributed by atoms with Gasteiger partial charge in [0.2, 0.25) is 0 Å². The topological polar surface area (TPSA) is 63.9 Å². The number of aromatic nitrogens is 2. The minimum atomic E-state index is -4.35. The molecule has 1 aliphatic heterocycles.